The molecule has 7 heteroatoms. The largest absolute Gasteiger partial charge is 0.273 e. The Kier molecular flexibility index (Phi) is 4.66. The van der Waals surface area contributed by atoms with Gasteiger partial charge in [0.05, 0.1) is 10.5 Å². The van der Waals surface area contributed by atoms with E-state index in [-0.39, 0.29) is 4.90 Å². The summed E-state index contributed by atoms with van der Waals surface area (Å²) >= 11 is 3.25. The summed E-state index contributed by atoms with van der Waals surface area (Å²) in [6.45, 7) is 0. The van der Waals surface area contributed by atoms with Crippen LogP contribution in [0, 0.1) is 0 Å². The molecule has 0 aliphatic rings. The molecule has 1 amide bonds. The lowest BCUT2D eigenvalue weighted by Gasteiger charge is -2.10. The Labute approximate surface area is 147 Å². The number of carbonyl (C=O) groups is 1. The number of amides is 1. The van der Waals surface area contributed by atoms with Gasteiger partial charge in [-0.15, -0.1) is 4.83 Å². The molecule has 0 aliphatic carbocycles. The Morgan fingerprint density at radius 2 is 1.54 bits per heavy atom. The van der Waals surface area contributed by atoms with Gasteiger partial charge in [-0.3, -0.25) is 10.2 Å². The van der Waals surface area contributed by atoms with Crippen molar-refractivity contribution in [3.05, 3.63) is 76.8 Å². The summed E-state index contributed by atoms with van der Waals surface area (Å²) in [6, 6.07) is 19.0. The van der Waals surface area contributed by atoms with Crippen molar-refractivity contribution in [3.8, 4) is 0 Å². The van der Waals surface area contributed by atoms with Gasteiger partial charge in [-0.2, -0.15) is 0 Å². The minimum atomic E-state index is -3.86. The van der Waals surface area contributed by atoms with E-state index >= 15 is 0 Å². The fourth-order valence-electron chi connectivity index (χ4n) is 2.22. The Bertz CT molecular complexity index is 1020. The van der Waals surface area contributed by atoms with Crippen molar-refractivity contribution in [1.29, 1.82) is 0 Å². The Hall–Kier alpha value is -2.22. The van der Waals surface area contributed by atoms with E-state index < -0.39 is 15.9 Å². The third-order valence-corrected chi connectivity index (χ3v) is 5.39. The lowest BCUT2D eigenvalue weighted by molar-refractivity contribution is 0.0944. The van der Waals surface area contributed by atoms with E-state index in [1.54, 1.807) is 36.4 Å². The van der Waals surface area contributed by atoms with Gasteiger partial charge in [0.1, 0.15) is 0 Å². The number of hydrazine groups is 1. The summed E-state index contributed by atoms with van der Waals surface area (Å²) in [5.41, 5.74) is 2.55. The molecule has 0 saturated heterocycles. The van der Waals surface area contributed by atoms with Gasteiger partial charge in [-0.1, -0.05) is 42.5 Å². The first-order valence-electron chi connectivity index (χ1n) is 7.03. The molecule has 3 aromatic carbocycles. The normalized spacial score (nSPS) is 11.4. The van der Waals surface area contributed by atoms with Gasteiger partial charge < -0.3 is 0 Å². The van der Waals surface area contributed by atoms with Gasteiger partial charge in [0.2, 0.25) is 0 Å². The highest BCUT2D eigenvalue weighted by Crippen LogP contribution is 2.19. The number of hydrogen-bond donors (Lipinski definition) is 2. The highest BCUT2D eigenvalue weighted by molar-refractivity contribution is 9.10. The molecule has 0 aromatic heterocycles. The third-order valence-electron chi connectivity index (χ3n) is 3.45. The van der Waals surface area contributed by atoms with Crippen LogP contribution in [0.25, 0.3) is 10.8 Å². The van der Waals surface area contributed by atoms with Crippen LogP contribution in [0.5, 0.6) is 0 Å². The second-order valence-electron chi connectivity index (χ2n) is 5.05. The molecule has 122 valence electrons. The molecular weight excluding hydrogens is 392 g/mol. The van der Waals surface area contributed by atoms with Crippen molar-refractivity contribution >= 4 is 42.6 Å². The van der Waals surface area contributed by atoms with E-state index in [4.69, 9.17) is 0 Å². The van der Waals surface area contributed by atoms with E-state index in [0.29, 0.717) is 10.0 Å². The van der Waals surface area contributed by atoms with Crippen LogP contribution in [0.15, 0.2) is 76.1 Å². The van der Waals surface area contributed by atoms with E-state index in [1.165, 1.54) is 6.07 Å². The molecule has 3 aromatic rings. The van der Waals surface area contributed by atoms with E-state index in [0.717, 1.165) is 10.8 Å². The van der Waals surface area contributed by atoms with Crippen LogP contribution in [-0.4, -0.2) is 14.3 Å². The van der Waals surface area contributed by atoms with Gasteiger partial charge in [0.15, 0.2) is 0 Å². The molecular formula is C17H13BrN2O3S. The number of halogens is 1. The molecule has 5 nitrogen and oxygen atoms in total. The van der Waals surface area contributed by atoms with Crippen LogP contribution in [0.2, 0.25) is 0 Å². The average molecular weight is 405 g/mol. The lowest BCUT2D eigenvalue weighted by Crippen LogP contribution is -2.41. The SMILES string of the molecule is O=C(NNS(=O)(=O)c1ccc2ccccc2c1)c1ccccc1Br. The first kappa shape index (κ1) is 16.6. The van der Waals surface area contributed by atoms with Crippen LogP contribution in [0.4, 0.5) is 0 Å². The summed E-state index contributed by atoms with van der Waals surface area (Å²) in [5, 5.41) is 1.74. The Morgan fingerprint density at radius 3 is 2.29 bits per heavy atom. The topological polar surface area (TPSA) is 75.3 Å². The Balaban J connectivity index is 1.80. The Morgan fingerprint density at radius 1 is 0.875 bits per heavy atom. The number of carbonyl (C=O) groups excluding carboxylic acids is 1. The molecule has 0 radical (unpaired) electrons. The quantitative estimate of drug-likeness (QED) is 0.655. The molecule has 0 bridgehead atoms. The standard InChI is InChI=1S/C17H13BrN2O3S/c18-16-8-4-3-7-15(16)17(21)19-20-24(22,23)14-10-9-12-5-1-2-6-13(12)11-14/h1-11,20H,(H,19,21). The van der Waals surface area contributed by atoms with Crippen LogP contribution in [0.3, 0.4) is 0 Å². The van der Waals surface area contributed by atoms with Crippen molar-refractivity contribution in [2.24, 2.45) is 0 Å². The number of benzene rings is 3. The van der Waals surface area contributed by atoms with Crippen LogP contribution >= 0.6 is 15.9 Å². The average Bonchev–Trinajstić information content (AvgIpc) is 2.60. The summed E-state index contributed by atoms with van der Waals surface area (Å²) in [5.74, 6) is -0.549. The molecule has 0 saturated carbocycles. The summed E-state index contributed by atoms with van der Waals surface area (Å²) < 4.78 is 25.3. The molecule has 24 heavy (non-hydrogen) atoms. The molecule has 0 fully saturated rings. The van der Waals surface area contributed by atoms with Gasteiger partial charge in [-0.05, 0) is 51.0 Å². The monoisotopic (exact) mass is 404 g/mol. The second kappa shape index (κ2) is 6.72. The number of hydrogen-bond acceptors (Lipinski definition) is 3. The van der Waals surface area contributed by atoms with Crippen molar-refractivity contribution in [2.45, 2.75) is 4.90 Å². The summed E-state index contributed by atoms with van der Waals surface area (Å²) in [6.07, 6.45) is 0. The van der Waals surface area contributed by atoms with Gasteiger partial charge in [0.25, 0.3) is 15.9 Å². The number of fused-ring (bicyclic) bond motifs is 1. The fraction of sp³-hybridized carbons (Fsp3) is 0. The predicted molar refractivity (Wildman–Crippen MR) is 95.9 cm³/mol. The maximum Gasteiger partial charge on any atom is 0.267 e. The molecule has 0 unspecified atom stereocenters. The van der Waals surface area contributed by atoms with Crippen molar-refractivity contribution in [2.75, 3.05) is 0 Å². The van der Waals surface area contributed by atoms with Crippen molar-refractivity contribution in [1.82, 2.24) is 10.3 Å². The van der Waals surface area contributed by atoms with Crippen molar-refractivity contribution in [3.63, 3.8) is 0 Å². The predicted octanol–water partition coefficient (Wildman–Crippen LogP) is 3.23. The summed E-state index contributed by atoms with van der Waals surface area (Å²) in [7, 11) is -3.86. The van der Waals surface area contributed by atoms with Gasteiger partial charge in [0, 0.05) is 4.47 Å². The molecule has 2 N–H and O–H groups in total. The van der Waals surface area contributed by atoms with Gasteiger partial charge >= 0.3 is 0 Å². The van der Waals surface area contributed by atoms with Crippen molar-refractivity contribution < 1.29 is 13.2 Å². The van der Waals surface area contributed by atoms with Gasteiger partial charge in [-0.25, -0.2) is 8.42 Å². The number of nitrogens with one attached hydrogen (secondary N) is 2. The minimum absolute atomic E-state index is 0.0774. The highest BCUT2D eigenvalue weighted by Gasteiger charge is 2.17. The number of sulfonamides is 1. The zero-order valence-electron chi connectivity index (χ0n) is 12.4. The smallest absolute Gasteiger partial charge is 0.267 e. The summed E-state index contributed by atoms with van der Waals surface area (Å²) in [4.78, 5) is 14.3. The first-order chi connectivity index (χ1) is 11.5. The zero-order chi connectivity index (χ0) is 17.2. The maximum atomic E-state index is 12.4. The molecule has 0 spiro atoms. The molecule has 0 atom stereocenters. The second-order valence-corrected chi connectivity index (χ2v) is 7.59. The zero-order valence-corrected chi connectivity index (χ0v) is 14.8. The molecule has 0 aliphatic heterocycles. The minimum Gasteiger partial charge on any atom is -0.273 e. The van der Waals surface area contributed by atoms with E-state index in [1.807, 2.05) is 24.3 Å². The number of rotatable bonds is 4. The van der Waals surface area contributed by atoms with E-state index in [2.05, 4.69) is 26.2 Å². The highest BCUT2D eigenvalue weighted by atomic mass is 79.9. The fourth-order valence-corrected chi connectivity index (χ4v) is 3.56. The molecule has 3 rings (SSSR count). The van der Waals surface area contributed by atoms with E-state index in [9.17, 15) is 13.2 Å². The first-order valence-corrected chi connectivity index (χ1v) is 9.30. The third kappa shape index (κ3) is 3.48. The molecule has 0 heterocycles. The van der Waals surface area contributed by atoms with Crippen LogP contribution in [0.1, 0.15) is 10.4 Å². The van der Waals surface area contributed by atoms with Crippen LogP contribution in [-0.2, 0) is 10.0 Å². The van der Waals surface area contributed by atoms with Crippen LogP contribution < -0.4 is 10.3 Å². The maximum absolute atomic E-state index is 12.4. The lowest BCUT2D eigenvalue weighted by atomic mass is 10.1.